The molecule has 2 rings (SSSR count). The summed E-state index contributed by atoms with van der Waals surface area (Å²) in [6, 6.07) is 3.38. The molecule has 0 aliphatic heterocycles. The molecule has 0 unspecified atom stereocenters. The first-order chi connectivity index (χ1) is 10.2. The Bertz CT molecular complexity index is 710. The highest BCUT2D eigenvalue weighted by Gasteiger charge is 2.15. The number of amides is 1. The van der Waals surface area contributed by atoms with Gasteiger partial charge in [-0.1, -0.05) is 18.8 Å². The van der Waals surface area contributed by atoms with Crippen LogP contribution in [0.5, 0.6) is 0 Å². The van der Waals surface area contributed by atoms with Crippen molar-refractivity contribution in [3.05, 3.63) is 41.5 Å². The van der Waals surface area contributed by atoms with Gasteiger partial charge in [0, 0.05) is 19.4 Å². The van der Waals surface area contributed by atoms with Crippen LogP contribution in [0.4, 0.5) is 5.69 Å². The molecule has 0 spiro atoms. The summed E-state index contributed by atoms with van der Waals surface area (Å²) < 4.78 is 1.65. The molecule has 6 nitrogen and oxygen atoms in total. The van der Waals surface area contributed by atoms with Crippen molar-refractivity contribution in [2.45, 2.75) is 13.3 Å². The van der Waals surface area contributed by atoms with Gasteiger partial charge in [-0.25, -0.2) is 4.98 Å². The fourth-order valence-corrected chi connectivity index (χ4v) is 1.90. The van der Waals surface area contributed by atoms with E-state index in [1.165, 1.54) is 6.20 Å². The van der Waals surface area contributed by atoms with E-state index in [1.807, 2.05) is 6.92 Å². The van der Waals surface area contributed by atoms with Crippen molar-refractivity contribution in [3.8, 4) is 11.8 Å². The van der Waals surface area contributed by atoms with Crippen molar-refractivity contribution in [1.29, 1.82) is 0 Å². The van der Waals surface area contributed by atoms with Crippen molar-refractivity contribution in [2.24, 2.45) is 7.05 Å². The van der Waals surface area contributed by atoms with Gasteiger partial charge in [0.15, 0.2) is 0 Å². The predicted octanol–water partition coefficient (Wildman–Crippen LogP) is 0.974. The number of carbonyl (C=O) groups is 1. The zero-order chi connectivity index (χ0) is 15.2. The highest BCUT2D eigenvalue weighted by molar-refractivity contribution is 6.04. The second-order valence-corrected chi connectivity index (χ2v) is 4.33. The van der Waals surface area contributed by atoms with Gasteiger partial charge in [-0.3, -0.25) is 9.48 Å². The number of hydrogen-bond donors (Lipinski definition) is 2. The number of aromatic nitrogens is 3. The number of pyridine rings is 1. The SMILES string of the molecule is CCc1nn(C)cc1NC(=O)c1ncccc1C#CCO. The lowest BCUT2D eigenvalue weighted by molar-refractivity contribution is 0.102. The summed E-state index contributed by atoms with van der Waals surface area (Å²) in [6.45, 7) is 1.70. The van der Waals surface area contributed by atoms with Crippen molar-refractivity contribution >= 4 is 11.6 Å². The molecule has 0 aromatic carbocycles. The summed E-state index contributed by atoms with van der Waals surface area (Å²) in [4.78, 5) is 16.4. The minimum atomic E-state index is -0.347. The zero-order valence-corrected chi connectivity index (χ0v) is 11.9. The van der Waals surface area contributed by atoms with Crippen LogP contribution in [0.15, 0.2) is 24.5 Å². The van der Waals surface area contributed by atoms with Crippen molar-refractivity contribution < 1.29 is 9.90 Å². The van der Waals surface area contributed by atoms with Gasteiger partial charge in [0.2, 0.25) is 0 Å². The maximum Gasteiger partial charge on any atom is 0.275 e. The second-order valence-electron chi connectivity index (χ2n) is 4.33. The van der Waals surface area contributed by atoms with E-state index in [0.29, 0.717) is 11.3 Å². The van der Waals surface area contributed by atoms with Gasteiger partial charge in [-0.2, -0.15) is 5.10 Å². The van der Waals surface area contributed by atoms with Crippen LogP contribution >= 0.6 is 0 Å². The minimum Gasteiger partial charge on any atom is -0.384 e. The number of carbonyl (C=O) groups excluding carboxylic acids is 1. The van der Waals surface area contributed by atoms with Crippen LogP contribution in [0.3, 0.4) is 0 Å². The fourth-order valence-electron chi connectivity index (χ4n) is 1.90. The van der Waals surface area contributed by atoms with Gasteiger partial charge < -0.3 is 10.4 Å². The Balaban J connectivity index is 2.28. The third-order valence-corrected chi connectivity index (χ3v) is 2.81. The van der Waals surface area contributed by atoms with Crippen LogP contribution in [0.2, 0.25) is 0 Å². The minimum absolute atomic E-state index is 0.226. The van der Waals surface area contributed by atoms with Gasteiger partial charge in [-0.15, -0.1) is 0 Å². The Morgan fingerprint density at radius 1 is 1.52 bits per heavy atom. The number of aryl methyl sites for hydroxylation is 2. The molecular formula is C15H16N4O2. The van der Waals surface area contributed by atoms with Gasteiger partial charge in [0.1, 0.15) is 12.3 Å². The predicted molar refractivity (Wildman–Crippen MR) is 78.7 cm³/mol. The molecule has 0 aliphatic rings. The van der Waals surface area contributed by atoms with Gasteiger partial charge in [-0.05, 0) is 18.6 Å². The normalized spacial score (nSPS) is 9.86. The molecule has 2 heterocycles. The number of anilines is 1. The number of nitrogens with zero attached hydrogens (tertiary/aromatic N) is 3. The average molecular weight is 284 g/mol. The van der Waals surface area contributed by atoms with E-state index < -0.39 is 0 Å². The molecule has 0 radical (unpaired) electrons. The lowest BCUT2D eigenvalue weighted by Crippen LogP contribution is -2.16. The maximum atomic E-state index is 12.3. The van der Waals surface area contributed by atoms with E-state index in [4.69, 9.17) is 5.11 Å². The number of aliphatic hydroxyl groups excluding tert-OH is 1. The molecule has 0 saturated heterocycles. The molecule has 21 heavy (non-hydrogen) atoms. The number of rotatable bonds is 3. The molecule has 0 bridgehead atoms. The van der Waals surface area contributed by atoms with Crippen LogP contribution in [-0.2, 0) is 13.5 Å². The van der Waals surface area contributed by atoms with E-state index in [2.05, 4.69) is 27.2 Å². The Morgan fingerprint density at radius 3 is 3.05 bits per heavy atom. The first-order valence-electron chi connectivity index (χ1n) is 6.54. The largest absolute Gasteiger partial charge is 0.384 e. The molecular weight excluding hydrogens is 268 g/mol. The third kappa shape index (κ3) is 3.46. The molecule has 1 amide bonds. The molecule has 2 aromatic heterocycles. The summed E-state index contributed by atoms with van der Waals surface area (Å²) in [5, 5.41) is 15.8. The molecule has 6 heteroatoms. The van der Waals surface area contributed by atoms with Gasteiger partial charge in [0.25, 0.3) is 5.91 Å². The molecule has 0 fully saturated rings. The van der Waals surface area contributed by atoms with Crippen molar-refractivity contribution in [1.82, 2.24) is 14.8 Å². The number of aliphatic hydroxyl groups is 1. The highest BCUT2D eigenvalue weighted by atomic mass is 16.2. The van der Waals surface area contributed by atoms with Crippen LogP contribution in [-0.4, -0.2) is 32.4 Å². The lowest BCUT2D eigenvalue weighted by atomic mass is 10.2. The molecule has 0 saturated carbocycles. The first-order valence-corrected chi connectivity index (χ1v) is 6.54. The smallest absolute Gasteiger partial charge is 0.275 e. The van der Waals surface area contributed by atoms with Crippen molar-refractivity contribution in [2.75, 3.05) is 11.9 Å². The molecule has 0 atom stereocenters. The zero-order valence-electron chi connectivity index (χ0n) is 11.9. The Hall–Kier alpha value is -2.65. The summed E-state index contributed by atoms with van der Waals surface area (Å²) in [5.41, 5.74) is 2.18. The third-order valence-electron chi connectivity index (χ3n) is 2.81. The van der Waals surface area contributed by atoms with Crippen LogP contribution in [0.25, 0.3) is 0 Å². The Kier molecular flexibility index (Phi) is 4.69. The molecule has 2 aromatic rings. The summed E-state index contributed by atoms with van der Waals surface area (Å²) in [6.07, 6.45) is 4.00. The molecule has 0 aliphatic carbocycles. The van der Waals surface area contributed by atoms with Gasteiger partial charge >= 0.3 is 0 Å². The monoisotopic (exact) mass is 284 g/mol. The summed E-state index contributed by atoms with van der Waals surface area (Å²) in [7, 11) is 1.80. The highest BCUT2D eigenvalue weighted by Crippen LogP contribution is 2.15. The average Bonchev–Trinajstić information content (AvgIpc) is 2.85. The standard InChI is InChI=1S/C15H16N4O2/c1-3-12-13(10-19(2)18-12)17-15(21)14-11(7-5-9-20)6-4-8-16-14/h4,6,8,10,20H,3,9H2,1-2H3,(H,17,21). The van der Waals surface area contributed by atoms with Crippen LogP contribution < -0.4 is 5.32 Å². The topological polar surface area (TPSA) is 80.0 Å². The summed E-state index contributed by atoms with van der Waals surface area (Å²) in [5.74, 6) is 4.89. The van der Waals surface area contributed by atoms with E-state index in [0.717, 1.165) is 12.1 Å². The molecule has 108 valence electrons. The van der Waals surface area contributed by atoms with E-state index in [-0.39, 0.29) is 18.2 Å². The number of nitrogens with one attached hydrogen (secondary N) is 1. The van der Waals surface area contributed by atoms with E-state index in [1.54, 1.807) is 30.1 Å². The van der Waals surface area contributed by atoms with E-state index in [9.17, 15) is 4.79 Å². The number of hydrogen-bond acceptors (Lipinski definition) is 4. The Morgan fingerprint density at radius 2 is 2.33 bits per heavy atom. The van der Waals surface area contributed by atoms with Crippen LogP contribution in [0.1, 0.15) is 28.7 Å². The van der Waals surface area contributed by atoms with Crippen LogP contribution in [0, 0.1) is 11.8 Å². The first kappa shape index (κ1) is 14.8. The summed E-state index contributed by atoms with van der Waals surface area (Å²) >= 11 is 0. The van der Waals surface area contributed by atoms with E-state index >= 15 is 0 Å². The lowest BCUT2D eigenvalue weighted by Gasteiger charge is -2.05. The quantitative estimate of drug-likeness (QED) is 0.823. The fraction of sp³-hybridized carbons (Fsp3) is 0.267. The van der Waals surface area contributed by atoms with Crippen molar-refractivity contribution in [3.63, 3.8) is 0 Å². The Labute approximate surface area is 122 Å². The maximum absolute atomic E-state index is 12.3. The second kappa shape index (κ2) is 6.68. The molecule has 2 N–H and O–H groups in total. The van der Waals surface area contributed by atoms with Gasteiger partial charge in [0.05, 0.1) is 16.9 Å².